The van der Waals surface area contributed by atoms with Crippen LogP contribution in [0.25, 0.3) is 0 Å². The Morgan fingerprint density at radius 2 is 0.404 bits per heavy atom. The Bertz CT molecular complexity index is 3450. The summed E-state index contributed by atoms with van der Waals surface area (Å²) < 4.78 is 24.7. The normalized spacial score (nSPS) is 23.7. The topological polar surface area (TPSA) is 86.4 Å². The number of hydrogen-bond donors (Lipinski definition) is 0. The Kier molecular flexibility index (Phi) is 42.8. The molecule has 4 saturated carbocycles. The zero-order valence-electron chi connectivity index (χ0n) is 68.0. The molecule has 4 aliphatic carbocycles. The predicted octanol–water partition coefficient (Wildman–Crippen LogP) is 13.5. The summed E-state index contributed by atoms with van der Waals surface area (Å²) in [5, 5.41) is 12.1. The van der Waals surface area contributed by atoms with E-state index in [1.807, 2.05) is 0 Å². The minimum atomic E-state index is -0.863. The summed E-state index contributed by atoms with van der Waals surface area (Å²) >= 11 is 0. The zero-order chi connectivity index (χ0) is 74.6. The number of halogens is 2. The van der Waals surface area contributed by atoms with E-state index in [0.717, 1.165) is 75.7 Å². The Hall–Kier alpha value is -3.54. The van der Waals surface area contributed by atoms with E-state index in [1.54, 1.807) is 0 Å². The molecule has 0 spiro atoms. The van der Waals surface area contributed by atoms with E-state index in [4.69, 9.17) is 38.9 Å². The molecule has 18 heteroatoms. The minimum Gasteiger partial charge on any atom is -1.00 e. The van der Waals surface area contributed by atoms with Gasteiger partial charge in [0, 0.05) is 78.9 Å². The maximum atomic E-state index is 6.17. The monoisotopic (exact) mass is 2100 g/mol. The molecule has 4 aliphatic heterocycles. The van der Waals surface area contributed by atoms with Crippen molar-refractivity contribution < 1.29 is 123 Å². The van der Waals surface area contributed by atoms with Crippen LogP contribution in [0.4, 0.5) is 0 Å². The largest absolute Gasteiger partial charge is 1.00 e. The SMILES string of the molecule is CC(C)C[C@@H]1COC(C2CCCC2[PH+](c2ccccc2)c2ccccc2)=N1.CC(C)C[C@@H]1COC(C2CCCC2[PH+](c2ccccc2)c2ccccc2)=N1.CC(C)C[C@H]1COC(C2CCCC2[PH+](c2ccccc2)c2ccccc2)=N1.CC(C)C[C@H]1COC(C2CCCC2[PH+](c2ccccc2)c2ccccc2)=N1.[Au].[Au].[Cl-].[Cl-].[Fe].[Fe]. The smallest absolute Gasteiger partial charge is 0.190 e. The fourth-order valence-corrected chi connectivity index (χ4v) is 32.9. The van der Waals surface area contributed by atoms with Gasteiger partial charge in [-0.15, -0.1) is 0 Å². The average molecular weight is 2100 g/mol. The van der Waals surface area contributed by atoms with Gasteiger partial charge in [0.25, 0.3) is 0 Å². The van der Waals surface area contributed by atoms with Crippen molar-refractivity contribution in [2.45, 2.75) is 205 Å². The van der Waals surface area contributed by atoms with Crippen LogP contribution < -0.4 is 67.3 Å². The number of ether oxygens (including phenoxy) is 4. The molecule has 8 unspecified atom stereocenters. The van der Waals surface area contributed by atoms with Crippen LogP contribution in [-0.2, 0) is 97.8 Å². The van der Waals surface area contributed by atoms with E-state index in [9.17, 15) is 0 Å². The molecule has 4 fully saturated rings. The standard InChI is InChI=1S/4C24H30NOP.2Au.2ClH.2Fe/c4*1-18(2)16-19-17-26-24(25-19)22-14-9-15-23(22)27(20-10-5-3-6-11-20)21-12-7-4-8-13-21;;;;;;/h4*3-8,10-13,18-19,22-23H,9,14-17H2,1-2H3;;;2*1H;;/p+2/t4*19-,22?,23?;;;;;;/m1100....../s1. The van der Waals surface area contributed by atoms with E-state index in [0.29, 0.717) is 94.1 Å². The molecule has 0 bridgehead atoms. The molecule has 8 aromatic rings. The van der Waals surface area contributed by atoms with Crippen LogP contribution in [0.2, 0.25) is 0 Å². The Balaban J connectivity index is 0.000000207. The van der Waals surface area contributed by atoms with E-state index in [-0.39, 0.29) is 104 Å². The fraction of sp³-hybridized carbons (Fsp3) is 0.458. The molecule has 0 N–H and O–H groups in total. The van der Waals surface area contributed by atoms with Crippen molar-refractivity contribution in [1.82, 2.24) is 0 Å². The molecule has 0 aromatic heterocycles. The Morgan fingerprint density at radius 1 is 0.254 bits per heavy atom. The second-order valence-corrected chi connectivity index (χ2v) is 44.3. The van der Waals surface area contributed by atoms with Crippen molar-refractivity contribution in [3.05, 3.63) is 243 Å². The van der Waals surface area contributed by atoms with Crippen LogP contribution in [0.1, 0.15) is 158 Å². The number of aliphatic imine (C=N–C) groups is 4. The first-order valence-electron chi connectivity index (χ1n) is 41.6. The summed E-state index contributed by atoms with van der Waals surface area (Å²) in [4.78, 5) is 20.2. The Morgan fingerprint density at radius 3 is 0.544 bits per heavy atom. The summed E-state index contributed by atoms with van der Waals surface area (Å²) in [7, 11) is -3.45. The van der Waals surface area contributed by atoms with Crippen LogP contribution in [-0.4, -0.2) is 96.8 Å². The van der Waals surface area contributed by atoms with E-state index < -0.39 is 31.7 Å². The third-order valence-corrected chi connectivity index (χ3v) is 36.8. The molecule has 16 rings (SSSR count). The van der Waals surface area contributed by atoms with Gasteiger partial charge in [0.1, 0.15) is 26.4 Å². The second-order valence-electron chi connectivity index (χ2n) is 33.4. The number of hydrogen-bond acceptors (Lipinski definition) is 8. The van der Waals surface area contributed by atoms with E-state index >= 15 is 0 Å². The first-order chi connectivity index (χ1) is 52.9. The Labute approximate surface area is 754 Å². The van der Waals surface area contributed by atoms with Crippen LogP contribution in [0.15, 0.2) is 263 Å². The molecule has 8 aromatic carbocycles. The zero-order valence-corrected chi connectivity index (χ0v) is 80.0. The van der Waals surface area contributed by atoms with Crippen molar-refractivity contribution in [3.63, 3.8) is 0 Å². The molecular formula is C96H124Au2Cl2Fe2N4O4P4+2. The van der Waals surface area contributed by atoms with Crippen LogP contribution >= 0.6 is 31.7 Å². The number of rotatable bonds is 24. The summed E-state index contributed by atoms with van der Waals surface area (Å²) in [6.45, 7) is 21.4. The molecule has 622 valence electrons. The van der Waals surface area contributed by atoms with Crippen LogP contribution in [0.5, 0.6) is 0 Å². The van der Waals surface area contributed by atoms with Gasteiger partial charge in [-0.2, -0.15) is 0 Å². The van der Waals surface area contributed by atoms with Gasteiger partial charge in [-0.3, -0.25) is 0 Å². The molecule has 8 aliphatic rings. The maximum Gasteiger partial charge on any atom is 0.190 e. The first-order valence-corrected chi connectivity index (χ1v) is 47.9. The van der Waals surface area contributed by atoms with Gasteiger partial charge in [0.15, 0.2) is 23.6 Å². The first kappa shape index (κ1) is 97.6. The summed E-state index contributed by atoms with van der Waals surface area (Å²) in [6, 6.07) is 90.8. The van der Waals surface area contributed by atoms with Gasteiger partial charge >= 0.3 is 0 Å². The van der Waals surface area contributed by atoms with Gasteiger partial charge in [-0.05, 0) is 223 Å². The summed E-state index contributed by atoms with van der Waals surface area (Å²) in [6.07, 6.45) is 19.8. The fourth-order valence-electron chi connectivity index (χ4n) is 18.9. The predicted molar refractivity (Wildman–Crippen MR) is 473 cm³/mol. The summed E-state index contributed by atoms with van der Waals surface area (Å²) in [5.41, 5.74) is 2.65. The van der Waals surface area contributed by atoms with Crippen molar-refractivity contribution >= 4 is 97.7 Å². The van der Waals surface area contributed by atoms with Gasteiger partial charge < -0.3 is 43.8 Å². The quantitative estimate of drug-likeness (QED) is 0.0446. The van der Waals surface area contributed by atoms with Crippen LogP contribution in [0, 0.1) is 47.3 Å². The van der Waals surface area contributed by atoms with Crippen molar-refractivity contribution in [3.8, 4) is 0 Å². The molecule has 4 heterocycles. The maximum absolute atomic E-state index is 6.17. The number of benzene rings is 8. The van der Waals surface area contributed by atoms with Gasteiger partial charge in [-0.1, -0.05) is 201 Å². The van der Waals surface area contributed by atoms with E-state index in [1.165, 1.54) is 119 Å². The molecule has 0 amide bonds. The van der Waals surface area contributed by atoms with Crippen molar-refractivity contribution in [1.29, 1.82) is 0 Å². The minimum absolute atomic E-state index is 0. The molecule has 114 heavy (non-hydrogen) atoms. The van der Waals surface area contributed by atoms with Gasteiger partial charge in [0.2, 0.25) is 0 Å². The molecule has 12 atom stereocenters. The third kappa shape index (κ3) is 26.7. The van der Waals surface area contributed by atoms with E-state index in [2.05, 4.69) is 298 Å². The molecule has 2 radical (unpaired) electrons. The van der Waals surface area contributed by atoms with Crippen LogP contribution in [0.3, 0.4) is 0 Å². The second kappa shape index (κ2) is 50.0. The van der Waals surface area contributed by atoms with Gasteiger partial charge in [-0.25, -0.2) is 20.0 Å². The summed E-state index contributed by atoms with van der Waals surface area (Å²) in [5.74, 6) is 8.96. The molecule has 8 nitrogen and oxygen atoms in total. The van der Waals surface area contributed by atoms with Gasteiger partial charge in [0.05, 0.1) is 145 Å². The molecule has 0 saturated heterocycles. The third-order valence-electron chi connectivity index (χ3n) is 23.4. The molecular weight excluding hydrogens is 1970 g/mol. The van der Waals surface area contributed by atoms with Crippen molar-refractivity contribution in [2.24, 2.45) is 67.3 Å². The van der Waals surface area contributed by atoms with Crippen molar-refractivity contribution in [2.75, 3.05) is 26.4 Å². The number of nitrogens with zero attached hydrogens (tertiary/aromatic N) is 4. The average Bonchev–Trinajstić information content (AvgIpc) is 1.52.